The first-order valence-corrected chi connectivity index (χ1v) is 11.4. The Morgan fingerprint density at radius 3 is 2.53 bits per heavy atom. The third kappa shape index (κ3) is 9.04. The Balaban J connectivity index is 0.00000450. The second-order valence-corrected chi connectivity index (χ2v) is 8.72. The first-order valence-electron chi connectivity index (χ1n) is 8.68. The Bertz CT molecular complexity index is 949. The molecule has 0 aliphatic heterocycles. The van der Waals surface area contributed by atoms with Crippen LogP contribution in [0.1, 0.15) is 23.2 Å². The number of hydrogen-bond acceptors (Lipinski definition) is 5. The quantitative estimate of drug-likeness (QED) is 0.254. The normalized spacial score (nSPS) is 12.2. The van der Waals surface area contributed by atoms with Crippen LogP contribution in [-0.4, -0.2) is 38.7 Å². The van der Waals surface area contributed by atoms with Crippen LogP contribution >= 0.6 is 35.3 Å². The predicted molar refractivity (Wildman–Crippen MR) is 124 cm³/mol. The summed E-state index contributed by atoms with van der Waals surface area (Å²) < 4.78 is 63.2. The number of hydrogen-bond donors (Lipinski definition) is 3. The zero-order valence-electron chi connectivity index (χ0n) is 16.3. The molecule has 3 N–H and O–H groups in total. The summed E-state index contributed by atoms with van der Waals surface area (Å²) in [5.41, 5.74) is 0.245. The van der Waals surface area contributed by atoms with E-state index in [1.807, 2.05) is 6.92 Å². The van der Waals surface area contributed by atoms with E-state index in [1.165, 1.54) is 0 Å². The van der Waals surface area contributed by atoms with Crippen LogP contribution in [0.25, 0.3) is 0 Å². The van der Waals surface area contributed by atoms with E-state index >= 15 is 0 Å². The van der Waals surface area contributed by atoms with Gasteiger partial charge in [0.1, 0.15) is 0 Å². The molecule has 0 spiro atoms. The van der Waals surface area contributed by atoms with Crippen molar-refractivity contribution >= 4 is 57.0 Å². The molecule has 0 aliphatic rings. The van der Waals surface area contributed by atoms with E-state index in [0.29, 0.717) is 41.7 Å². The summed E-state index contributed by atoms with van der Waals surface area (Å²) in [6.45, 7) is 3.03. The lowest BCUT2D eigenvalue weighted by molar-refractivity contribution is -0.140. The topological polar surface area (TPSA) is 95.5 Å². The third-order valence-electron chi connectivity index (χ3n) is 3.54. The van der Waals surface area contributed by atoms with Gasteiger partial charge in [0.05, 0.1) is 23.5 Å². The lowest BCUT2D eigenvalue weighted by atomic mass is 10.2. The van der Waals surface area contributed by atoms with E-state index in [1.54, 1.807) is 24.3 Å². The number of guanidine groups is 1. The fourth-order valence-corrected chi connectivity index (χ4v) is 3.71. The van der Waals surface area contributed by atoms with E-state index in [9.17, 15) is 21.6 Å². The lowest BCUT2D eigenvalue weighted by Gasteiger charge is -2.12. The average Bonchev–Trinajstić information content (AvgIpc) is 3.09. The number of aliphatic imine (C=N–C) groups is 1. The fraction of sp³-hybridized carbons (Fsp3) is 0.412. The zero-order valence-corrected chi connectivity index (χ0v) is 20.2. The van der Waals surface area contributed by atoms with Crippen molar-refractivity contribution in [3.63, 3.8) is 0 Å². The number of halogens is 4. The molecule has 1 aromatic carbocycles. The number of anilines is 1. The standard InChI is InChI=1S/C17H22F3N5O2S2.HI/c1-3-21-16(22-9-8-15-24-14(11-28-15)17(18,19)20)23-10-12-6-4-5-7-13(12)25-29(2,26)27;/h4-7,11,25H,3,8-10H2,1-2H3,(H2,21,22,23);1H. The van der Waals surface area contributed by atoms with Gasteiger partial charge in [0.25, 0.3) is 0 Å². The molecule has 0 radical (unpaired) electrons. The minimum Gasteiger partial charge on any atom is -0.357 e. The van der Waals surface area contributed by atoms with E-state index in [2.05, 4.69) is 25.3 Å². The van der Waals surface area contributed by atoms with Crippen LogP contribution < -0.4 is 15.4 Å². The van der Waals surface area contributed by atoms with Crippen molar-refractivity contribution in [3.05, 3.63) is 45.9 Å². The highest BCUT2D eigenvalue weighted by atomic mass is 127. The second kappa shape index (κ2) is 11.7. The average molecular weight is 577 g/mol. The predicted octanol–water partition coefficient (Wildman–Crippen LogP) is 3.45. The number of rotatable bonds is 8. The van der Waals surface area contributed by atoms with Crippen LogP contribution in [-0.2, 0) is 29.2 Å². The summed E-state index contributed by atoms with van der Waals surface area (Å²) in [4.78, 5) is 8.00. The molecule has 0 bridgehead atoms. The molecule has 0 saturated heterocycles. The maximum absolute atomic E-state index is 12.6. The van der Waals surface area contributed by atoms with Gasteiger partial charge in [-0.2, -0.15) is 13.2 Å². The number of para-hydroxylation sites is 1. The lowest BCUT2D eigenvalue weighted by Crippen LogP contribution is -2.38. The molecule has 0 saturated carbocycles. The first-order chi connectivity index (χ1) is 13.6. The summed E-state index contributed by atoms with van der Waals surface area (Å²) in [6.07, 6.45) is -3.05. The number of nitrogens with zero attached hydrogens (tertiary/aromatic N) is 2. The molecule has 168 valence electrons. The number of nitrogens with one attached hydrogen (secondary N) is 3. The van der Waals surface area contributed by atoms with E-state index < -0.39 is 21.9 Å². The summed E-state index contributed by atoms with van der Waals surface area (Å²) in [7, 11) is -3.42. The summed E-state index contributed by atoms with van der Waals surface area (Å²) in [6, 6.07) is 6.90. The Hall–Kier alpha value is -1.61. The molecule has 0 unspecified atom stereocenters. The van der Waals surface area contributed by atoms with Gasteiger partial charge in [0.15, 0.2) is 11.7 Å². The van der Waals surface area contributed by atoms with Crippen molar-refractivity contribution in [2.75, 3.05) is 24.1 Å². The van der Waals surface area contributed by atoms with Gasteiger partial charge in [-0.1, -0.05) is 18.2 Å². The van der Waals surface area contributed by atoms with E-state index in [-0.39, 0.29) is 30.5 Å². The number of benzene rings is 1. The molecule has 2 rings (SSSR count). The fourth-order valence-electron chi connectivity index (χ4n) is 2.31. The number of aromatic nitrogens is 1. The Morgan fingerprint density at radius 1 is 1.23 bits per heavy atom. The number of alkyl halides is 3. The van der Waals surface area contributed by atoms with Crippen LogP contribution in [0.4, 0.5) is 18.9 Å². The summed E-state index contributed by atoms with van der Waals surface area (Å²) >= 11 is 0.962. The molecule has 0 aliphatic carbocycles. The maximum Gasteiger partial charge on any atom is 0.434 e. The van der Waals surface area contributed by atoms with Crippen LogP contribution in [0.3, 0.4) is 0 Å². The van der Waals surface area contributed by atoms with Crippen molar-refractivity contribution < 1.29 is 21.6 Å². The molecule has 2 aromatic rings. The minimum atomic E-state index is -4.44. The zero-order chi connectivity index (χ0) is 21.5. The third-order valence-corrected chi connectivity index (χ3v) is 5.04. The van der Waals surface area contributed by atoms with Crippen LogP contribution in [0.15, 0.2) is 34.6 Å². The summed E-state index contributed by atoms with van der Waals surface area (Å²) in [5.74, 6) is 0.467. The van der Waals surface area contributed by atoms with Crippen molar-refractivity contribution in [1.29, 1.82) is 0 Å². The molecular weight excluding hydrogens is 554 g/mol. The van der Waals surface area contributed by atoms with Gasteiger partial charge in [-0.3, -0.25) is 4.72 Å². The number of thiazole rings is 1. The Kier molecular flexibility index (Phi) is 10.3. The van der Waals surface area contributed by atoms with Crippen LogP contribution in [0.5, 0.6) is 0 Å². The highest BCUT2D eigenvalue weighted by Crippen LogP contribution is 2.30. The molecule has 0 atom stereocenters. The maximum atomic E-state index is 12.6. The van der Waals surface area contributed by atoms with Crippen molar-refractivity contribution in [3.8, 4) is 0 Å². The molecule has 0 fully saturated rings. The van der Waals surface area contributed by atoms with Gasteiger partial charge in [0.2, 0.25) is 10.0 Å². The molecule has 30 heavy (non-hydrogen) atoms. The molecule has 1 heterocycles. The van der Waals surface area contributed by atoms with Crippen LogP contribution in [0.2, 0.25) is 0 Å². The van der Waals surface area contributed by atoms with E-state index in [4.69, 9.17) is 0 Å². The Morgan fingerprint density at radius 2 is 1.93 bits per heavy atom. The summed E-state index contributed by atoms with van der Waals surface area (Å²) in [5, 5.41) is 7.46. The van der Waals surface area contributed by atoms with Gasteiger partial charge in [0, 0.05) is 24.9 Å². The first kappa shape index (κ1) is 26.4. The van der Waals surface area contributed by atoms with Gasteiger partial charge >= 0.3 is 6.18 Å². The second-order valence-electron chi connectivity index (χ2n) is 6.03. The molecule has 7 nitrogen and oxygen atoms in total. The van der Waals surface area contributed by atoms with Gasteiger partial charge in [-0.25, -0.2) is 18.4 Å². The molecule has 1 aromatic heterocycles. The van der Waals surface area contributed by atoms with Crippen LogP contribution in [0, 0.1) is 0 Å². The van der Waals surface area contributed by atoms with Crippen molar-refractivity contribution in [2.45, 2.75) is 26.1 Å². The highest BCUT2D eigenvalue weighted by Gasteiger charge is 2.33. The van der Waals surface area contributed by atoms with Crippen molar-refractivity contribution in [2.24, 2.45) is 4.99 Å². The largest absolute Gasteiger partial charge is 0.434 e. The SMILES string of the molecule is CCNC(=NCc1ccccc1NS(C)(=O)=O)NCCc1nc(C(F)(F)F)cs1.I. The van der Waals surface area contributed by atoms with Gasteiger partial charge in [-0.15, -0.1) is 35.3 Å². The molecule has 0 amide bonds. The van der Waals surface area contributed by atoms with Gasteiger partial charge < -0.3 is 10.6 Å². The van der Waals surface area contributed by atoms with Crippen molar-refractivity contribution in [1.82, 2.24) is 15.6 Å². The van der Waals surface area contributed by atoms with Gasteiger partial charge in [-0.05, 0) is 18.6 Å². The number of sulfonamides is 1. The highest BCUT2D eigenvalue weighted by molar-refractivity contribution is 14.0. The van der Waals surface area contributed by atoms with E-state index in [0.717, 1.165) is 23.0 Å². The monoisotopic (exact) mass is 577 g/mol. The molecular formula is C17H23F3IN5O2S2. The Labute approximate surface area is 194 Å². The molecule has 13 heteroatoms. The minimum absolute atomic E-state index is 0. The smallest absolute Gasteiger partial charge is 0.357 e.